The zero-order valence-electron chi connectivity index (χ0n) is 12.3. The van der Waals surface area contributed by atoms with Crippen LogP contribution in [0.1, 0.15) is 33.6 Å². The number of carbonyl (C=O) groups is 2. The van der Waals surface area contributed by atoms with E-state index >= 15 is 0 Å². The van der Waals surface area contributed by atoms with E-state index in [2.05, 4.69) is 0 Å². The number of rotatable bonds is 0. The van der Waals surface area contributed by atoms with Crippen LogP contribution in [0.15, 0.2) is 0 Å². The number of hydrogen-bond acceptors (Lipinski definition) is 6. The third-order valence-corrected chi connectivity index (χ3v) is 7.72. The van der Waals surface area contributed by atoms with Crippen molar-refractivity contribution in [2.45, 2.75) is 57.0 Å². The Labute approximate surface area is 121 Å². The van der Waals surface area contributed by atoms with Crippen LogP contribution in [0.5, 0.6) is 0 Å². The standard InChI is InChI=1S/C15H18O6/c1-11-6-19-10(18)12(11,2)9-14-5-8(17)20-15(11,14)4-7(16)13(14,3)21-9/h7,9,16H,4-6H2,1-3H3/t7-,9?,11+,12-,13+,14?,15-/m0/s1. The highest BCUT2D eigenvalue weighted by Crippen LogP contribution is 2.86. The van der Waals surface area contributed by atoms with Crippen LogP contribution in [0, 0.1) is 16.2 Å². The molecule has 3 heterocycles. The SMILES string of the molecule is C[C@@]12COC(=O)[C@]1(C)C1O[C@]3(C)[C@@H](O)C[C@]24OC(=O)CC134. The molecule has 3 aliphatic heterocycles. The maximum Gasteiger partial charge on any atom is 0.315 e. The molecule has 0 aromatic rings. The van der Waals surface area contributed by atoms with Crippen LogP contribution in [0.2, 0.25) is 0 Å². The molecule has 3 saturated heterocycles. The van der Waals surface area contributed by atoms with Gasteiger partial charge in [0.25, 0.3) is 0 Å². The van der Waals surface area contributed by atoms with Gasteiger partial charge in [0.2, 0.25) is 0 Å². The van der Waals surface area contributed by atoms with Gasteiger partial charge in [-0.25, -0.2) is 0 Å². The summed E-state index contributed by atoms with van der Waals surface area (Å²) in [6, 6.07) is 0. The van der Waals surface area contributed by atoms with Crippen LogP contribution < -0.4 is 0 Å². The van der Waals surface area contributed by atoms with E-state index in [-0.39, 0.29) is 25.0 Å². The maximum absolute atomic E-state index is 12.4. The van der Waals surface area contributed by atoms with Crippen LogP contribution in [-0.4, -0.2) is 47.1 Å². The van der Waals surface area contributed by atoms with Crippen molar-refractivity contribution in [3.05, 3.63) is 0 Å². The largest absolute Gasteiger partial charge is 0.464 e. The van der Waals surface area contributed by atoms with Crippen molar-refractivity contribution in [2.24, 2.45) is 16.2 Å². The van der Waals surface area contributed by atoms with Crippen LogP contribution in [0.4, 0.5) is 0 Å². The molecule has 2 aliphatic carbocycles. The first-order chi connectivity index (χ1) is 9.70. The molecule has 6 nitrogen and oxygen atoms in total. The molecule has 21 heavy (non-hydrogen) atoms. The molecule has 0 aromatic heterocycles. The molecule has 2 saturated carbocycles. The number of aliphatic hydroxyl groups excluding tert-OH is 1. The second-order valence-electron chi connectivity index (χ2n) is 7.88. The van der Waals surface area contributed by atoms with Crippen LogP contribution in [-0.2, 0) is 23.8 Å². The fraction of sp³-hybridized carbons (Fsp3) is 0.867. The summed E-state index contributed by atoms with van der Waals surface area (Å²) in [4.78, 5) is 24.5. The molecule has 2 unspecified atom stereocenters. The van der Waals surface area contributed by atoms with Gasteiger partial charge in [-0.3, -0.25) is 9.59 Å². The lowest BCUT2D eigenvalue weighted by Gasteiger charge is -2.59. The van der Waals surface area contributed by atoms with Gasteiger partial charge in [-0.2, -0.15) is 0 Å². The fourth-order valence-corrected chi connectivity index (χ4v) is 6.40. The minimum absolute atomic E-state index is 0.208. The summed E-state index contributed by atoms with van der Waals surface area (Å²) in [6.07, 6.45) is -0.601. The molecule has 0 aromatic carbocycles. The van der Waals surface area contributed by atoms with E-state index in [1.54, 1.807) is 0 Å². The van der Waals surface area contributed by atoms with Gasteiger partial charge in [-0.1, -0.05) is 6.92 Å². The summed E-state index contributed by atoms with van der Waals surface area (Å²) in [5.41, 5.74) is -3.79. The Kier molecular flexibility index (Phi) is 1.62. The summed E-state index contributed by atoms with van der Waals surface area (Å²) >= 11 is 0. The quantitative estimate of drug-likeness (QED) is 0.641. The van der Waals surface area contributed by atoms with Gasteiger partial charge in [-0.05, 0) is 13.8 Å². The minimum Gasteiger partial charge on any atom is -0.464 e. The Bertz CT molecular complexity index is 632. The number of aliphatic hydroxyl groups is 1. The average Bonchev–Trinajstić information content (AvgIpc) is 2.92. The fourth-order valence-electron chi connectivity index (χ4n) is 6.40. The molecule has 0 amide bonds. The van der Waals surface area contributed by atoms with Crippen molar-refractivity contribution in [3.63, 3.8) is 0 Å². The molecular formula is C15H18O6. The van der Waals surface area contributed by atoms with Gasteiger partial charge < -0.3 is 19.3 Å². The van der Waals surface area contributed by atoms with Crippen molar-refractivity contribution in [3.8, 4) is 0 Å². The van der Waals surface area contributed by atoms with Crippen molar-refractivity contribution >= 4 is 11.9 Å². The van der Waals surface area contributed by atoms with E-state index in [4.69, 9.17) is 14.2 Å². The van der Waals surface area contributed by atoms with Crippen LogP contribution in [0.25, 0.3) is 0 Å². The van der Waals surface area contributed by atoms with Gasteiger partial charge >= 0.3 is 11.9 Å². The summed E-state index contributed by atoms with van der Waals surface area (Å²) in [5.74, 6) is -0.540. The third-order valence-electron chi connectivity index (χ3n) is 7.72. The molecule has 5 rings (SSSR count). The summed E-state index contributed by atoms with van der Waals surface area (Å²) in [5, 5.41) is 10.5. The first-order valence-electron chi connectivity index (χ1n) is 7.45. The molecule has 5 fully saturated rings. The number of cyclic esters (lactones) is 1. The normalized spacial score (nSPS) is 66.3. The van der Waals surface area contributed by atoms with Gasteiger partial charge in [0.1, 0.15) is 23.2 Å². The summed E-state index contributed by atoms with van der Waals surface area (Å²) < 4.78 is 17.3. The Morgan fingerprint density at radius 2 is 1.95 bits per heavy atom. The monoisotopic (exact) mass is 294 g/mol. The molecule has 0 radical (unpaired) electrons. The maximum atomic E-state index is 12.4. The third kappa shape index (κ3) is 0.744. The number of hydrogen-bond donors (Lipinski definition) is 1. The lowest BCUT2D eigenvalue weighted by molar-refractivity contribution is -0.334. The Balaban J connectivity index is 1.85. The number of esters is 2. The zero-order valence-corrected chi connectivity index (χ0v) is 12.3. The molecule has 1 spiro atoms. The first kappa shape index (κ1) is 12.4. The molecular weight excluding hydrogens is 276 g/mol. The second-order valence-corrected chi connectivity index (χ2v) is 7.88. The molecule has 5 aliphatic rings. The lowest BCUT2D eigenvalue weighted by Crippen LogP contribution is -2.72. The Morgan fingerprint density at radius 3 is 2.67 bits per heavy atom. The Morgan fingerprint density at radius 1 is 1.24 bits per heavy atom. The highest BCUT2D eigenvalue weighted by atomic mass is 16.6. The van der Waals surface area contributed by atoms with Gasteiger partial charge in [-0.15, -0.1) is 0 Å². The van der Waals surface area contributed by atoms with E-state index < -0.39 is 39.7 Å². The van der Waals surface area contributed by atoms with E-state index in [1.165, 1.54) is 0 Å². The van der Waals surface area contributed by atoms with Crippen molar-refractivity contribution < 1.29 is 28.9 Å². The highest BCUT2D eigenvalue weighted by molar-refractivity contribution is 5.86. The second kappa shape index (κ2) is 2.74. The smallest absolute Gasteiger partial charge is 0.315 e. The predicted molar refractivity (Wildman–Crippen MR) is 66.9 cm³/mol. The van der Waals surface area contributed by atoms with Crippen LogP contribution in [0.3, 0.4) is 0 Å². The molecule has 1 N–H and O–H groups in total. The van der Waals surface area contributed by atoms with Crippen molar-refractivity contribution in [2.75, 3.05) is 6.61 Å². The molecule has 114 valence electrons. The zero-order chi connectivity index (χ0) is 15.1. The van der Waals surface area contributed by atoms with E-state index in [1.807, 2.05) is 20.8 Å². The topological polar surface area (TPSA) is 82.1 Å². The van der Waals surface area contributed by atoms with Gasteiger partial charge in [0.15, 0.2) is 0 Å². The van der Waals surface area contributed by atoms with Crippen molar-refractivity contribution in [1.29, 1.82) is 0 Å². The van der Waals surface area contributed by atoms with Gasteiger partial charge in [0, 0.05) is 6.42 Å². The molecule has 0 bridgehead atoms. The molecule has 7 atom stereocenters. The minimum atomic E-state index is -0.866. The number of carbonyl (C=O) groups excluding carboxylic acids is 2. The van der Waals surface area contributed by atoms with Crippen molar-refractivity contribution in [1.82, 2.24) is 0 Å². The Hall–Kier alpha value is -1.14. The summed E-state index contributed by atoms with van der Waals surface area (Å²) in [6.45, 7) is 5.86. The highest BCUT2D eigenvalue weighted by Gasteiger charge is 2.99. The van der Waals surface area contributed by atoms with E-state index in [9.17, 15) is 14.7 Å². The predicted octanol–water partition coefficient (Wildman–Crippen LogP) is 0.164. The van der Waals surface area contributed by atoms with Crippen LogP contribution >= 0.6 is 0 Å². The first-order valence-corrected chi connectivity index (χ1v) is 7.45. The average molecular weight is 294 g/mol. The number of fused-ring (bicyclic) bond motifs is 2. The number of ether oxygens (including phenoxy) is 3. The van der Waals surface area contributed by atoms with E-state index in [0.717, 1.165) is 0 Å². The van der Waals surface area contributed by atoms with E-state index in [0.29, 0.717) is 6.42 Å². The lowest BCUT2D eigenvalue weighted by atomic mass is 9.60. The molecule has 6 heteroatoms. The summed E-state index contributed by atoms with van der Waals surface area (Å²) in [7, 11) is 0. The van der Waals surface area contributed by atoms with Gasteiger partial charge in [0.05, 0.1) is 29.5 Å².